The topological polar surface area (TPSA) is 45.2 Å². The van der Waals surface area contributed by atoms with Gasteiger partial charge in [0, 0.05) is 17.6 Å². The van der Waals surface area contributed by atoms with Gasteiger partial charge in [0.1, 0.15) is 5.01 Å². The number of likely N-dealkylation sites (tertiary alicyclic amines) is 1. The van der Waals surface area contributed by atoms with Crippen molar-refractivity contribution in [1.29, 1.82) is 0 Å². The lowest BCUT2D eigenvalue weighted by Crippen LogP contribution is -2.39. The van der Waals surface area contributed by atoms with E-state index in [9.17, 15) is 4.79 Å². The predicted molar refractivity (Wildman–Crippen MR) is 69.1 cm³/mol. The van der Waals surface area contributed by atoms with Crippen LogP contribution >= 0.6 is 11.3 Å². The summed E-state index contributed by atoms with van der Waals surface area (Å²) in [5.74, 6) is 0.215. The standard InChI is InChI=1S/C12H19N3OS/c1-4-13-10-5-6-15(12(10)16)9(3)11-14-8(2)7-17-11/h7,9-10,13H,4-6H2,1-3H3. The first kappa shape index (κ1) is 12.5. The molecule has 1 saturated heterocycles. The second-order valence-electron chi connectivity index (χ2n) is 4.43. The molecule has 0 aliphatic carbocycles. The number of aromatic nitrogens is 1. The number of likely N-dealkylation sites (N-methyl/N-ethyl adjacent to an activating group) is 1. The minimum atomic E-state index is 0.00325. The first-order chi connectivity index (χ1) is 8.13. The van der Waals surface area contributed by atoms with Crippen LogP contribution in [0.4, 0.5) is 0 Å². The Balaban J connectivity index is 2.06. The number of amides is 1. The quantitative estimate of drug-likeness (QED) is 0.888. The Labute approximate surface area is 106 Å². The molecule has 0 saturated carbocycles. The van der Waals surface area contributed by atoms with Crippen LogP contribution in [0.2, 0.25) is 0 Å². The van der Waals surface area contributed by atoms with E-state index in [2.05, 4.69) is 17.2 Å². The minimum Gasteiger partial charge on any atom is -0.332 e. The van der Waals surface area contributed by atoms with Crippen molar-refractivity contribution >= 4 is 17.2 Å². The van der Waals surface area contributed by atoms with Crippen LogP contribution in [-0.4, -0.2) is 34.9 Å². The van der Waals surface area contributed by atoms with Crippen LogP contribution in [0.15, 0.2) is 5.38 Å². The highest BCUT2D eigenvalue weighted by atomic mass is 32.1. The molecular weight excluding hydrogens is 234 g/mol. The van der Waals surface area contributed by atoms with Crippen LogP contribution in [0.3, 0.4) is 0 Å². The molecule has 2 heterocycles. The summed E-state index contributed by atoms with van der Waals surface area (Å²) >= 11 is 1.64. The maximum Gasteiger partial charge on any atom is 0.240 e. The third kappa shape index (κ3) is 2.50. The largest absolute Gasteiger partial charge is 0.332 e. The number of hydrogen-bond donors (Lipinski definition) is 1. The Kier molecular flexibility index (Phi) is 3.79. The molecule has 4 nitrogen and oxygen atoms in total. The summed E-state index contributed by atoms with van der Waals surface area (Å²) in [5.41, 5.74) is 1.03. The fourth-order valence-electron chi connectivity index (χ4n) is 2.22. The third-order valence-electron chi connectivity index (χ3n) is 3.15. The van der Waals surface area contributed by atoms with Gasteiger partial charge < -0.3 is 10.2 Å². The van der Waals surface area contributed by atoms with E-state index >= 15 is 0 Å². The molecule has 94 valence electrons. The molecule has 1 amide bonds. The Morgan fingerprint density at radius 2 is 2.47 bits per heavy atom. The lowest BCUT2D eigenvalue weighted by molar-refractivity contribution is -0.131. The van der Waals surface area contributed by atoms with Crippen LogP contribution in [0.5, 0.6) is 0 Å². The molecule has 2 atom stereocenters. The van der Waals surface area contributed by atoms with Gasteiger partial charge in [-0.2, -0.15) is 0 Å². The molecule has 1 fully saturated rings. The van der Waals surface area contributed by atoms with E-state index in [0.717, 1.165) is 30.2 Å². The number of carbonyl (C=O) groups is 1. The van der Waals surface area contributed by atoms with Crippen LogP contribution in [-0.2, 0) is 4.79 Å². The smallest absolute Gasteiger partial charge is 0.240 e. The summed E-state index contributed by atoms with van der Waals surface area (Å²) in [4.78, 5) is 18.6. The van der Waals surface area contributed by atoms with Crippen molar-refractivity contribution in [3.8, 4) is 0 Å². The third-order valence-corrected chi connectivity index (χ3v) is 4.28. The van der Waals surface area contributed by atoms with Gasteiger partial charge in [-0.3, -0.25) is 4.79 Å². The van der Waals surface area contributed by atoms with Crippen molar-refractivity contribution in [2.45, 2.75) is 39.3 Å². The summed E-state index contributed by atoms with van der Waals surface area (Å²) in [5, 5.41) is 6.30. The van der Waals surface area contributed by atoms with E-state index < -0.39 is 0 Å². The predicted octanol–water partition coefficient (Wildman–Crippen LogP) is 1.72. The maximum absolute atomic E-state index is 12.2. The first-order valence-corrected chi connectivity index (χ1v) is 6.97. The van der Waals surface area contributed by atoms with E-state index in [1.165, 1.54) is 0 Å². The van der Waals surface area contributed by atoms with Crippen LogP contribution < -0.4 is 5.32 Å². The second-order valence-corrected chi connectivity index (χ2v) is 5.32. The lowest BCUT2D eigenvalue weighted by Gasteiger charge is -2.23. The second kappa shape index (κ2) is 5.14. The van der Waals surface area contributed by atoms with Gasteiger partial charge >= 0.3 is 0 Å². The van der Waals surface area contributed by atoms with Gasteiger partial charge in [-0.1, -0.05) is 6.92 Å². The normalized spacial score (nSPS) is 22.2. The number of thiazole rings is 1. The molecule has 1 N–H and O–H groups in total. The van der Waals surface area contributed by atoms with Gasteiger partial charge in [0.05, 0.1) is 12.1 Å². The molecule has 17 heavy (non-hydrogen) atoms. The highest BCUT2D eigenvalue weighted by Gasteiger charge is 2.34. The Morgan fingerprint density at radius 1 is 1.71 bits per heavy atom. The number of hydrogen-bond acceptors (Lipinski definition) is 4. The molecular formula is C12H19N3OS. The molecule has 0 bridgehead atoms. The highest BCUT2D eigenvalue weighted by molar-refractivity contribution is 7.09. The van der Waals surface area contributed by atoms with Crippen LogP contribution in [0.25, 0.3) is 0 Å². The van der Waals surface area contributed by atoms with Crippen molar-refractivity contribution in [3.05, 3.63) is 16.1 Å². The fraction of sp³-hybridized carbons (Fsp3) is 0.667. The molecule has 0 spiro atoms. The fourth-order valence-corrected chi connectivity index (χ4v) is 3.08. The zero-order valence-electron chi connectivity index (χ0n) is 10.6. The molecule has 1 aromatic heterocycles. The molecule has 2 unspecified atom stereocenters. The van der Waals surface area contributed by atoms with E-state index in [1.807, 2.05) is 24.1 Å². The maximum atomic E-state index is 12.2. The molecule has 1 aliphatic heterocycles. The van der Waals surface area contributed by atoms with Crippen molar-refractivity contribution in [2.75, 3.05) is 13.1 Å². The molecule has 0 radical (unpaired) electrons. The van der Waals surface area contributed by atoms with Crippen LogP contribution in [0, 0.1) is 6.92 Å². The first-order valence-electron chi connectivity index (χ1n) is 6.09. The molecule has 5 heteroatoms. The zero-order valence-corrected chi connectivity index (χ0v) is 11.4. The van der Waals surface area contributed by atoms with Crippen molar-refractivity contribution in [2.24, 2.45) is 0 Å². The Bertz CT molecular complexity index is 404. The summed E-state index contributed by atoms with van der Waals surface area (Å²) < 4.78 is 0. The van der Waals surface area contributed by atoms with Crippen molar-refractivity contribution in [1.82, 2.24) is 15.2 Å². The molecule has 2 rings (SSSR count). The van der Waals surface area contributed by atoms with E-state index in [4.69, 9.17) is 0 Å². The van der Waals surface area contributed by atoms with E-state index in [-0.39, 0.29) is 18.0 Å². The van der Waals surface area contributed by atoms with Gasteiger partial charge in [0.25, 0.3) is 0 Å². The summed E-state index contributed by atoms with van der Waals surface area (Å²) in [6.07, 6.45) is 0.904. The number of nitrogens with one attached hydrogen (secondary N) is 1. The molecule has 1 aromatic rings. The van der Waals surface area contributed by atoms with Gasteiger partial charge in [-0.05, 0) is 26.8 Å². The molecule has 1 aliphatic rings. The van der Waals surface area contributed by atoms with Gasteiger partial charge in [-0.15, -0.1) is 11.3 Å². The van der Waals surface area contributed by atoms with Gasteiger partial charge in [0.2, 0.25) is 5.91 Å². The van der Waals surface area contributed by atoms with Crippen molar-refractivity contribution in [3.63, 3.8) is 0 Å². The number of rotatable bonds is 4. The summed E-state index contributed by atoms with van der Waals surface area (Å²) in [6, 6.07) is 0.105. The number of carbonyl (C=O) groups excluding carboxylic acids is 1. The number of nitrogens with zero attached hydrogens (tertiary/aromatic N) is 2. The average Bonchev–Trinajstić information content (AvgIpc) is 2.87. The lowest BCUT2D eigenvalue weighted by atomic mass is 10.2. The Hall–Kier alpha value is -0.940. The minimum absolute atomic E-state index is 0.00325. The van der Waals surface area contributed by atoms with Crippen molar-refractivity contribution < 1.29 is 4.79 Å². The zero-order chi connectivity index (χ0) is 12.4. The van der Waals surface area contributed by atoms with E-state index in [0.29, 0.717) is 0 Å². The monoisotopic (exact) mass is 253 g/mol. The molecule has 0 aromatic carbocycles. The summed E-state index contributed by atoms with van der Waals surface area (Å²) in [7, 11) is 0. The summed E-state index contributed by atoms with van der Waals surface area (Å²) in [6.45, 7) is 7.75. The van der Waals surface area contributed by atoms with Gasteiger partial charge in [0.15, 0.2) is 0 Å². The Morgan fingerprint density at radius 3 is 3.06 bits per heavy atom. The highest BCUT2D eigenvalue weighted by Crippen LogP contribution is 2.27. The van der Waals surface area contributed by atoms with E-state index in [1.54, 1.807) is 11.3 Å². The SMILES string of the molecule is CCNC1CCN(C(C)c2nc(C)cs2)C1=O. The number of aryl methyl sites for hydroxylation is 1. The van der Waals surface area contributed by atoms with Gasteiger partial charge in [-0.25, -0.2) is 4.98 Å². The van der Waals surface area contributed by atoms with Crippen LogP contribution in [0.1, 0.15) is 37.0 Å². The average molecular weight is 253 g/mol.